The highest BCUT2D eigenvalue weighted by atomic mass is 16.6. The van der Waals surface area contributed by atoms with Crippen LogP contribution >= 0.6 is 0 Å². The summed E-state index contributed by atoms with van der Waals surface area (Å²) in [6.45, 7) is 5.81. The van der Waals surface area contributed by atoms with Gasteiger partial charge < -0.3 is 19.3 Å². The predicted molar refractivity (Wildman–Crippen MR) is 134 cm³/mol. The number of benzene rings is 2. The summed E-state index contributed by atoms with van der Waals surface area (Å²) in [5.74, 6) is 1.89. The molecule has 1 fully saturated rings. The van der Waals surface area contributed by atoms with Gasteiger partial charge in [0.25, 0.3) is 0 Å². The SMILES string of the molecule is COc1cc(/C=C/C(=O)N2CCN(c3cc(-c4ccccc4)nc(C)n3)CC2)ccc1OC(C)=O. The summed E-state index contributed by atoms with van der Waals surface area (Å²) in [6, 6.07) is 17.2. The zero-order chi connectivity index (χ0) is 24.8. The van der Waals surface area contributed by atoms with Crippen LogP contribution in [0.4, 0.5) is 5.82 Å². The normalized spacial score (nSPS) is 13.7. The lowest BCUT2D eigenvalue weighted by Gasteiger charge is -2.35. The second-order valence-electron chi connectivity index (χ2n) is 8.17. The van der Waals surface area contributed by atoms with Crippen molar-refractivity contribution in [2.75, 3.05) is 38.2 Å². The second-order valence-corrected chi connectivity index (χ2v) is 8.17. The van der Waals surface area contributed by atoms with Crippen molar-refractivity contribution in [1.82, 2.24) is 14.9 Å². The maximum atomic E-state index is 12.8. The van der Waals surface area contributed by atoms with E-state index in [1.165, 1.54) is 14.0 Å². The number of ether oxygens (including phenoxy) is 2. The van der Waals surface area contributed by atoms with Gasteiger partial charge in [0.05, 0.1) is 12.8 Å². The van der Waals surface area contributed by atoms with Crippen molar-refractivity contribution in [3.05, 3.63) is 72.1 Å². The first kappa shape index (κ1) is 23.9. The van der Waals surface area contributed by atoms with Crippen LogP contribution in [0, 0.1) is 6.92 Å². The van der Waals surface area contributed by atoms with Gasteiger partial charge in [-0.2, -0.15) is 0 Å². The standard InChI is InChI=1S/C27H28N4O4/c1-19-28-23(22-7-5-4-6-8-22)18-26(29-19)30-13-15-31(16-14-30)27(33)12-10-21-9-11-24(35-20(2)32)25(17-21)34-3/h4-12,17-18H,13-16H2,1-3H3/b12-10+. The van der Waals surface area contributed by atoms with Crippen LogP contribution in [0.1, 0.15) is 18.3 Å². The quantitative estimate of drug-likeness (QED) is 0.307. The van der Waals surface area contributed by atoms with E-state index in [-0.39, 0.29) is 5.91 Å². The van der Waals surface area contributed by atoms with E-state index in [0.717, 1.165) is 28.5 Å². The molecule has 8 heteroatoms. The molecule has 0 aliphatic carbocycles. The van der Waals surface area contributed by atoms with E-state index in [9.17, 15) is 9.59 Å². The molecule has 2 aromatic carbocycles. The number of anilines is 1. The topological polar surface area (TPSA) is 84.9 Å². The van der Waals surface area contributed by atoms with Gasteiger partial charge in [0.1, 0.15) is 11.6 Å². The monoisotopic (exact) mass is 472 g/mol. The highest BCUT2D eigenvalue weighted by molar-refractivity contribution is 5.92. The van der Waals surface area contributed by atoms with Gasteiger partial charge in [-0.1, -0.05) is 36.4 Å². The zero-order valence-corrected chi connectivity index (χ0v) is 20.1. The summed E-state index contributed by atoms with van der Waals surface area (Å²) in [5, 5.41) is 0. The lowest BCUT2D eigenvalue weighted by molar-refractivity contribution is -0.132. The van der Waals surface area contributed by atoms with E-state index in [2.05, 4.69) is 14.9 Å². The van der Waals surface area contributed by atoms with E-state index >= 15 is 0 Å². The number of hydrogen-bond acceptors (Lipinski definition) is 7. The molecule has 35 heavy (non-hydrogen) atoms. The molecule has 0 bridgehead atoms. The Hall–Kier alpha value is -4.20. The highest BCUT2D eigenvalue weighted by Gasteiger charge is 2.21. The Balaban J connectivity index is 1.38. The number of nitrogens with zero attached hydrogens (tertiary/aromatic N) is 4. The summed E-state index contributed by atoms with van der Waals surface area (Å²) in [5.41, 5.74) is 2.72. The van der Waals surface area contributed by atoms with E-state index in [1.807, 2.05) is 48.2 Å². The van der Waals surface area contributed by atoms with Crippen LogP contribution in [0.15, 0.2) is 60.7 Å². The molecule has 1 saturated heterocycles. The average molecular weight is 473 g/mol. The Morgan fingerprint density at radius 1 is 0.943 bits per heavy atom. The van der Waals surface area contributed by atoms with Gasteiger partial charge in [0.2, 0.25) is 5.91 Å². The van der Waals surface area contributed by atoms with Crippen LogP contribution in [-0.2, 0) is 9.59 Å². The van der Waals surface area contributed by atoms with Crippen molar-refractivity contribution in [3.8, 4) is 22.8 Å². The maximum Gasteiger partial charge on any atom is 0.308 e. The molecule has 0 unspecified atom stereocenters. The van der Waals surface area contributed by atoms with Gasteiger partial charge in [0, 0.05) is 50.8 Å². The molecule has 0 radical (unpaired) electrons. The van der Waals surface area contributed by atoms with E-state index in [0.29, 0.717) is 37.7 Å². The van der Waals surface area contributed by atoms with Gasteiger partial charge in [-0.3, -0.25) is 9.59 Å². The number of carbonyl (C=O) groups is 2. The molecule has 1 amide bonds. The van der Waals surface area contributed by atoms with Gasteiger partial charge in [-0.25, -0.2) is 9.97 Å². The Bertz CT molecular complexity index is 1240. The highest BCUT2D eigenvalue weighted by Crippen LogP contribution is 2.29. The first-order chi connectivity index (χ1) is 16.9. The minimum atomic E-state index is -0.422. The number of hydrogen-bond donors (Lipinski definition) is 0. The van der Waals surface area contributed by atoms with Gasteiger partial charge in [-0.05, 0) is 30.7 Å². The predicted octanol–water partition coefficient (Wildman–Crippen LogP) is 3.75. The lowest BCUT2D eigenvalue weighted by atomic mass is 10.1. The van der Waals surface area contributed by atoms with Gasteiger partial charge in [0.15, 0.2) is 11.5 Å². The molecule has 0 atom stereocenters. The van der Waals surface area contributed by atoms with E-state index in [1.54, 1.807) is 30.4 Å². The molecule has 0 saturated carbocycles. The first-order valence-electron chi connectivity index (χ1n) is 11.4. The average Bonchev–Trinajstić information content (AvgIpc) is 2.88. The third-order valence-corrected chi connectivity index (χ3v) is 5.67. The van der Waals surface area contributed by atoms with Crippen molar-refractivity contribution in [2.45, 2.75) is 13.8 Å². The number of amides is 1. The molecule has 8 nitrogen and oxygen atoms in total. The number of aromatic nitrogens is 2. The summed E-state index contributed by atoms with van der Waals surface area (Å²) in [4.78, 5) is 37.2. The van der Waals surface area contributed by atoms with Crippen molar-refractivity contribution in [1.29, 1.82) is 0 Å². The molecule has 180 valence electrons. The minimum Gasteiger partial charge on any atom is -0.493 e. The summed E-state index contributed by atoms with van der Waals surface area (Å²) >= 11 is 0. The van der Waals surface area contributed by atoms with E-state index < -0.39 is 5.97 Å². The first-order valence-corrected chi connectivity index (χ1v) is 11.4. The molecule has 1 aromatic heterocycles. The number of methoxy groups -OCH3 is 1. The van der Waals surface area contributed by atoms with Crippen molar-refractivity contribution in [2.24, 2.45) is 0 Å². The Labute approximate surface area is 204 Å². The van der Waals surface area contributed by atoms with Crippen LogP contribution < -0.4 is 14.4 Å². The molecule has 1 aliphatic heterocycles. The molecule has 0 spiro atoms. The van der Waals surface area contributed by atoms with Crippen molar-refractivity contribution in [3.63, 3.8) is 0 Å². The van der Waals surface area contributed by atoms with Crippen molar-refractivity contribution < 1.29 is 19.1 Å². The zero-order valence-electron chi connectivity index (χ0n) is 20.1. The largest absolute Gasteiger partial charge is 0.493 e. The molecule has 4 rings (SSSR count). The second kappa shape index (κ2) is 10.8. The molecule has 0 N–H and O–H groups in total. The fourth-order valence-corrected chi connectivity index (χ4v) is 3.93. The molecule has 1 aliphatic rings. The van der Waals surface area contributed by atoms with Crippen molar-refractivity contribution >= 4 is 23.8 Å². The third-order valence-electron chi connectivity index (χ3n) is 5.67. The Morgan fingerprint density at radius 3 is 2.37 bits per heavy atom. The fraction of sp³-hybridized carbons (Fsp3) is 0.259. The van der Waals surface area contributed by atoms with Crippen LogP contribution in [0.2, 0.25) is 0 Å². The summed E-state index contributed by atoms with van der Waals surface area (Å²) in [7, 11) is 1.50. The number of esters is 1. The fourth-order valence-electron chi connectivity index (χ4n) is 3.93. The summed E-state index contributed by atoms with van der Waals surface area (Å²) in [6.07, 6.45) is 3.28. The lowest BCUT2D eigenvalue weighted by Crippen LogP contribution is -2.48. The molecule has 3 aromatic rings. The smallest absolute Gasteiger partial charge is 0.308 e. The molecule has 2 heterocycles. The minimum absolute atomic E-state index is 0.0588. The Kier molecular flexibility index (Phi) is 7.40. The maximum absolute atomic E-state index is 12.8. The van der Waals surface area contributed by atoms with Crippen LogP contribution in [0.25, 0.3) is 17.3 Å². The number of piperazine rings is 1. The van der Waals surface area contributed by atoms with E-state index in [4.69, 9.17) is 9.47 Å². The molecular formula is C27H28N4O4. The Morgan fingerprint density at radius 2 is 1.69 bits per heavy atom. The van der Waals surface area contributed by atoms with Gasteiger partial charge >= 0.3 is 5.97 Å². The third kappa shape index (κ3) is 6.03. The number of rotatable bonds is 6. The summed E-state index contributed by atoms with van der Waals surface area (Å²) < 4.78 is 10.4. The number of carbonyl (C=O) groups excluding carboxylic acids is 2. The van der Waals surface area contributed by atoms with Crippen LogP contribution in [0.3, 0.4) is 0 Å². The molecular weight excluding hydrogens is 444 g/mol. The van der Waals surface area contributed by atoms with Crippen LogP contribution in [0.5, 0.6) is 11.5 Å². The number of aryl methyl sites for hydroxylation is 1. The van der Waals surface area contributed by atoms with Gasteiger partial charge in [-0.15, -0.1) is 0 Å². The van der Waals surface area contributed by atoms with Crippen LogP contribution in [-0.4, -0.2) is 60.0 Å².